The number of carbonyl (C=O) groups excluding carboxylic acids is 2. The Labute approximate surface area is 146 Å². The summed E-state index contributed by atoms with van der Waals surface area (Å²) in [6, 6.07) is 3.59. The number of furan rings is 1. The average Bonchev–Trinajstić information content (AvgIpc) is 3.29. The van der Waals surface area contributed by atoms with E-state index in [0.717, 1.165) is 12.8 Å². The number of carbonyl (C=O) groups is 2. The maximum Gasteiger partial charge on any atom is 0.254 e. The molecule has 0 unspecified atom stereocenters. The SMILES string of the molecule is Cn1cc(C(=O)NCC2CCN(C(=O)/C=C\c3ccco3)CC2)cn1. The first-order valence-electron chi connectivity index (χ1n) is 8.39. The summed E-state index contributed by atoms with van der Waals surface area (Å²) < 4.78 is 6.78. The van der Waals surface area contributed by atoms with Crippen molar-refractivity contribution in [2.75, 3.05) is 19.6 Å². The van der Waals surface area contributed by atoms with E-state index >= 15 is 0 Å². The molecule has 0 bridgehead atoms. The number of aryl methyl sites for hydroxylation is 1. The third-order valence-electron chi connectivity index (χ3n) is 4.38. The third kappa shape index (κ3) is 4.59. The number of rotatable bonds is 5. The fraction of sp³-hybridized carbons (Fsp3) is 0.389. The molecule has 0 saturated carbocycles. The van der Waals surface area contributed by atoms with Crippen molar-refractivity contribution >= 4 is 17.9 Å². The Morgan fingerprint density at radius 2 is 2.20 bits per heavy atom. The molecule has 2 amide bonds. The lowest BCUT2D eigenvalue weighted by Crippen LogP contribution is -2.40. The minimum atomic E-state index is -0.104. The van der Waals surface area contributed by atoms with E-state index in [-0.39, 0.29) is 11.8 Å². The molecule has 0 aliphatic carbocycles. The largest absolute Gasteiger partial charge is 0.465 e. The zero-order chi connectivity index (χ0) is 17.6. The highest BCUT2D eigenvalue weighted by atomic mass is 16.3. The van der Waals surface area contributed by atoms with Gasteiger partial charge >= 0.3 is 0 Å². The Kier molecular flexibility index (Phi) is 5.33. The molecule has 2 aromatic heterocycles. The van der Waals surface area contributed by atoms with E-state index in [1.54, 1.807) is 54.7 Å². The number of aromatic nitrogens is 2. The zero-order valence-corrected chi connectivity index (χ0v) is 14.2. The number of amides is 2. The van der Waals surface area contributed by atoms with Crippen molar-refractivity contribution in [1.29, 1.82) is 0 Å². The molecule has 2 aromatic rings. The second-order valence-corrected chi connectivity index (χ2v) is 6.23. The topological polar surface area (TPSA) is 80.4 Å². The summed E-state index contributed by atoms with van der Waals surface area (Å²) in [7, 11) is 1.78. The molecular formula is C18H22N4O3. The predicted molar refractivity (Wildman–Crippen MR) is 92.6 cm³/mol. The van der Waals surface area contributed by atoms with Gasteiger partial charge in [-0.25, -0.2) is 0 Å². The minimum absolute atomic E-state index is 0.00533. The summed E-state index contributed by atoms with van der Waals surface area (Å²) in [6.07, 6.45) is 9.83. The smallest absolute Gasteiger partial charge is 0.254 e. The van der Waals surface area contributed by atoms with Crippen LogP contribution in [0.3, 0.4) is 0 Å². The minimum Gasteiger partial charge on any atom is -0.465 e. The first kappa shape index (κ1) is 17.0. The molecule has 0 spiro atoms. The first-order chi connectivity index (χ1) is 12.1. The lowest BCUT2D eigenvalue weighted by molar-refractivity contribution is -0.127. The molecule has 7 nitrogen and oxygen atoms in total. The monoisotopic (exact) mass is 342 g/mol. The van der Waals surface area contributed by atoms with Crippen LogP contribution in [0.15, 0.2) is 41.3 Å². The van der Waals surface area contributed by atoms with E-state index < -0.39 is 0 Å². The number of hydrogen-bond donors (Lipinski definition) is 1. The van der Waals surface area contributed by atoms with Crippen LogP contribution in [-0.2, 0) is 11.8 Å². The van der Waals surface area contributed by atoms with Gasteiger partial charge in [0.05, 0.1) is 18.0 Å². The quantitative estimate of drug-likeness (QED) is 0.839. The van der Waals surface area contributed by atoms with Gasteiger partial charge in [-0.3, -0.25) is 14.3 Å². The predicted octanol–water partition coefficient (Wildman–Crippen LogP) is 1.69. The van der Waals surface area contributed by atoms with E-state index in [0.29, 0.717) is 36.9 Å². The molecule has 132 valence electrons. The van der Waals surface area contributed by atoms with E-state index in [1.165, 1.54) is 0 Å². The molecule has 1 N–H and O–H groups in total. The van der Waals surface area contributed by atoms with E-state index in [9.17, 15) is 9.59 Å². The molecule has 3 rings (SSSR count). The number of nitrogens with one attached hydrogen (secondary N) is 1. The summed E-state index contributed by atoms with van der Waals surface area (Å²) in [6.45, 7) is 2.03. The Balaban J connectivity index is 1.41. The van der Waals surface area contributed by atoms with Crippen molar-refractivity contribution in [3.8, 4) is 0 Å². The van der Waals surface area contributed by atoms with Crippen LogP contribution in [0.5, 0.6) is 0 Å². The highest BCUT2D eigenvalue weighted by molar-refractivity contribution is 5.93. The summed E-state index contributed by atoms with van der Waals surface area (Å²) in [5, 5.41) is 6.94. The summed E-state index contributed by atoms with van der Waals surface area (Å²) >= 11 is 0. The third-order valence-corrected chi connectivity index (χ3v) is 4.38. The molecule has 1 fully saturated rings. The van der Waals surface area contributed by atoms with Crippen LogP contribution in [0.4, 0.5) is 0 Å². The number of piperidine rings is 1. The molecule has 0 radical (unpaired) electrons. The molecule has 25 heavy (non-hydrogen) atoms. The molecule has 1 aliphatic heterocycles. The van der Waals surface area contributed by atoms with Gasteiger partial charge in [0.1, 0.15) is 5.76 Å². The summed E-state index contributed by atoms with van der Waals surface area (Å²) in [5.74, 6) is 0.947. The Morgan fingerprint density at radius 3 is 2.84 bits per heavy atom. The van der Waals surface area contributed by atoms with Crippen molar-refractivity contribution in [3.63, 3.8) is 0 Å². The van der Waals surface area contributed by atoms with Crippen molar-refractivity contribution in [2.24, 2.45) is 13.0 Å². The maximum atomic E-state index is 12.2. The zero-order valence-electron chi connectivity index (χ0n) is 14.2. The van der Waals surface area contributed by atoms with Crippen LogP contribution in [0, 0.1) is 5.92 Å². The van der Waals surface area contributed by atoms with Gasteiger partial charge in [0.15, 0.2) is 0 Å². The van der Waals surface area contributed by atoms with E-state index in [2.05, 4.69) is 10.4 Å². The van der Waals surface area contributed by atoms with E-state index in [1.807, 2.05) is 4.90 Å². The van der Waals surface area contributed by atoms with Gasteiger partial charge in [-0.2, -0.15) is 5.10 Å². The first-order valence-corrected chi connectivity index (χ1v) is 8.39. The van der Waals surface area contributed by atoms with E-state index in [4.69, 9.17) is 4.42 Å². The Bertz CT molecular complexity index is 740. The molecule has 1 aliphatic rings. The molecular weight excluding hydrogens is 320 g/mol. The van der Waals surface area contributed by atoms with Crippen LogP contribution < -0.4 is 5.32 Å². The number of nitrogens with zero attached hydrogens (tertiary/aromatic N) is 3. The average molecular weight is 342 g/mol. The van der Waals surface area contributed by atoms with Gasteiger partial charge in [-0.1, -0.05) is 0 Å². The lowest BCUT2D eigenvalue weighted by atomic mass is 9.96. The molecule has 1 saturated heterocycles. The highest BCUT2D eigenvalue weighted by Gasteiger charge is 2.22. The van der Waals surface area contributed by atoms with Gasteiger partial charge in [0.25, 0.3) is 5.91 Å². The van der Waals surface area contributed by atoms with Crippen LogP contribution >= 0.6 is 0 Å². The number of likely N-dealkylation sites (tertiary alicyclic amines) is 1. The fourth-order valence-corrected chi connectivity index (χ4v) is 2.88. The number of hydrogen-bond acceptors (Lipinski definition) is 4. The normalized spacial score (nSPS) is 15.6. The van der Waals surface area contributed by atoms with Crippen molar-refractivity contribution in [2.45, 2.75) is 12.8 Å². The van der Waals surface area contributed by atoms with Gasteiger partial charge in [-0.05, 0) is 37.0 Å². The van der Waals surface area contributed by atoms with Crippen LogP contribution in [-0.4, -0.2) is 46.1 Å². The fourth-order valence-electron chi connectivity index (χ4n) is 2.88. The lowest BCUT2D eigenvalue weighted by Gasteiger charge is -2.31. The van der Waals surface area contributed by atoms with Gasteiger partial charge in [0.2, 0.25) is 5.91 Å². The Hall–Kier alpha value is -2.83. The van der Waals surface area contributed by atoms with Crippen molar-refractivity contribution in [3.05, 3.63) is 48.2 Å². The second-order valence-electron chi connectivity index (χ2n) is 6.23. The molecule has 0 atom stereocenters. The maximum absolute atomic E-state index is 12.2. The summed E-state index contributed by atoms with van der Waals surface area (Å²) in [4.78, 5) is 26.0. The Morgan fingerprint density at radius 1 is 1.40 bits per heavy atom. The molecule has 0 aromatic carbocycles. The van der Waals surface area contributed by atoms with Gasteiger partial charge < -0.3 is 14.6 Å². The van der Waals surface area contributed by atoms with Crippen LogP contribution in [0.2, 0.25) is 0 Å². The second kappa shape index (κ2) is 7.83. The van der Waals surface area contributed by atoms with Crippen molar-refractivity contribution in [1.82, 2.24) is 20.0 Å². The van der Waals surface area contributed by atoms with Gasteiger partial charge in [-0.15, -0.1) is 0 Å². The molecule has 3 heterocycles. The van der Waals surface area contributed by atoms with Crippen LogP contribution in [0.25, 0.3) is 6.08 Å². The standard InChI is InChI=1S/C18H22N4O3/c1-21-13-15(12-20-21)18(24)19-11-14-6-8-22(9-7-14)17(23)5-4-16-3-2-10-25-16/h2-5,10,12-14H,6-9,11H2,1H3,(H,19,24)/b5-4-. The van der Waals surface area contributed by atoms with Gasteiger partial charge in [0, 0.05) is 39.0 Å². The van der Waals surface area contributed by atoms with Crippen LogP contribution in [0.1, 0.15) is 29.0 Å². The molecule has 7 heteroatoms. The summed E-state index contributed by atoms with van der Waals surface area (Å²) in [5.41, 5.74) is 0.568. The highest BCUT2D eigenvalue weighted by Crippen LogP contribution is 2.17. The van der Waals surface area contributed by atoms with Crippen molar-refractivity contribution < 1.29 is 14.0 Å².